The van der Waals surface area contributed by atoms with Gasteiger partial charge in [-0.05, 0) is 35.8 Å². The Kier molecular flexibility index (Phi) is 2.22. The second-order valence-corrected chi connectivity index (χ2v) is 4.59. The summed E-state index contributed by atoms with van der Waals surface area (Å²) in [6.45, 7) is 6.66. The van der Waals surface area contributed by atoms with E-state index in [9.17, 15) is 0 Å². The van der Waals surface area contributed by atoms with Gasteiger partial charge in [-0.15, -0.1) is 0 Å². The lowest BCUT2D eigenvalue weighted by atomic mass is 9.95. The zero-order valence-corrected chi connectivity index (χ0v) is 9.17. The first-order valence-corrected chi connectivity index (χ1v) is 5.38. The van der Waals surface area contributed by atoms with Crippen molar-refractivity contribution in [1.82, 2.24) is 4.98 Å². The molecule has 2 rings (SSSR count). The van der Waals surface area contributed by atoms with Crippen molar-refractivity contribution in [3.63, 3.8) is 0 Å². The number of pyridine rings is 1. The first-order chi connectivity index (χ1) is 6.61. The van der Waals surface area contributed by atoms with Crippen molar-refractivity contribution < 1.29 is 0 Å². The van der Waals surface area contributed by atoms with Gasteiger partial charge in [-0.3, -0.25) is 4.98 Å². The van der Waals surface area contributed by atoms with Crippen LogP contribution in [0.5, 0.6) is 0 Å². The molecule has 0 radical (unpaired) electrons. The van der Waals surface area contributed by atoms with Crippen LogP contribution in [0.1, 0.15) is 55.8 Å². The molecule has 0 aliphatic heterocycles. The van der Waals surface area contributed by atoms with Gasteiger partial charge in [0.1, 0.15) is 0 Å². The lowest BCUT2D eigenvalue weighted by Gasteiger charge is -2.14. The molecule has 76 valence electrons. The highest BCUT2D eigenvalue weighted by Crippen LogP contribution is 2.37. The molecular formula is C12H18N2. The van der Waals surface area contributed by atoms with Crippen molar-refractivity contribution in [3.05, 3.63) is 23.0 Å². The molecule has 2 N–H and O–H groups in total. The largest absolute Gasteiger partial charge is 0.397 e. The predicted molar refractivity (Wildman–Crippen MR) is 59.5 cm³/mol. The van der Waals surface area contributed by atoms with Crippen LogP contribution in [-0.4, -0.2) is 4.98 Å². The lowest BCUT2D eigenvalue weighted by Crippen LogP contribution is -2.04. The smallest absolute Gasteiger partial charge is 0.0538 e. The van der Waals surface area contributed by atoms with Crippen molar-refractivity contribution in [2.75, 3.05) is 5.73 Å². The summed E-state index contributed by atoms with van der Waals surface area (Å²) in [6, 6.07) is 0. The number of nitrogens with two attached hydrogens (primary N) is 1. The minimum absolute atomic E-state index is 0.511. The summed E-state index contributed by atoms with van der Waals surface area (Å²) in [5, 5.41) is 0. The van der Waals surface area contributed by atoms with E-state index in [2.05, 4.69) is 25.8 Å². The van der Waals surface area contributed by atoms with Gasteiger partial charge < -0.3 is 5.73 Å². The average molecular weight is 190 g/mol. The number of hydrogen-bond acceptors (Lipinski definition) is 2. The second kappa shape index (κ2) is 3.26. The second-order valence-electron chi connectivity index (χ2n) is 4.59. The molecule has 0 bridgehead atoms. The van der Waals surface area contributed by atoms with Gasteiger partial charge in [0.15, 0.2) is 0 Å². The van der Waals surface area contributed by atoms with Gasteiger partial charge in [-0.2, -0.15) is 0 Å². The zero-order valence-electron chi connectivity index (χ0n) is 9.17. The summed E-state index contributed by atoms with van der Waals surface area (Å²) in [5.74, 6) is 1.13. The Morgan fingerprint density at radius 3 is 2.86 bits per heavy atom. The Morgan fingerprint density at radius 1 is 1.50 bits per heavy atom. The number of fused-ring (bicyclic) bond motifs is 1. The molecule has 0 fully saturated rings. The van der Waals surface area contributed by atoms with Crippen LogP contribution in [0.25, 0.3) is 0 Å². The summed E-state index contributed by atoms with van der Waals surface area (Å²) < 4.78 is 0. The van der Waals surface area contributed by atoms with Crippen molar-refractivity contribution >= 4 is 5.69 Å². The predicted octanol–water partition coefficient (Wildman–Crippen LogP) is 2.84. The molecule has 0 spiro atoms. The van der Waals surface area contributed by atoms with Gasteiger partial charge in [0.05, 0.1) is 11.9 Å². The maximum absolute atomic E-state index is 5.98. The molecule has 0 aromatic carbocycles. The number of hydrogen-bond donors (Lipinski definition) is 1. The molecule has 1 aliphatic rings. The van der Waals surface area contributed by atoms with Crippen LogP contribution in [0.2, 0.25) is 0 Å². The molecule has 0 amide bonds. The highest BCUT2D eigenvalue weighted by atomic mass is 14.7. The SMILES string of the molecule is CC(C)c1c(N)cnc2c1CCC2C. The van der Waals surface area contributed by atoms with Crippen LogP contribution in [0.3, 0.4) is 0 Å². The highest BCUT2D eigenvalue weighted by Gasteiger charge is 2.24. The molecular weight excluding hydrogens is 172 g/mol. The van der Waals surface area contributed by atoms with Crippen molar-refractivity contribution in [2.45, 2.75) is 45.4 Å². The third kappa shape index (κ3) is 1.29. The van der Waals surface area contributed by atoms with E-state index < -0.39 is 0 Å². The first kappa shape index (κ1) is 9.50. The van der Waals surface area contributed by atoms with E-state index in [4.69, 9.17) is 5.73 Å². The Balaban J connectivity index is 2.59. The van der Waals surface area contributed by atoms with E-state index in [0.717, 1.165) is 12.1 Å². The van der Waals surface area contributed by atoms with Crippen LogP contribution in [-0.2, 0) is 6.42 Å². The first-order valence-electron chi connectivity index (χ1n) is 5.38. The molecule has 14 heavy (non-hydrogen) atoms. The Labute approximate surface area is 85.5 Å². The normalized spacial score (nSPS) is 20.1. The highest BCUT2D eigenvalue weighted by molar-refractivity contribution is 5.54. The van der Waals surface area contributed by atoms with Gasteiger partial charge in [-0.25, -0.2) is 0 Å². The zero-order chi connectivity index (χ0) is 10.3. The van der Waals surface area contributed by atoms with E-state index in [0.29, 0.717) is 11.8 Å². The summed E-state index contributed by atoms with van der Waals surface area (Å²) in [4.78, 5) is 4.46. The van der Waals surface area contributed by atoms with Gasteiger partial charge in [0.25, 0.3) is 0 Å². The summed E-state index contributed by atoms with van der Waals surface area (Å²) >= 11 is 0. The van der Waals surface area contributed by atoms with Crippen molar-refractivity contribution in [1.29, 1.82) is 0 Å². The molecule has 1 unspecified atom stereocenters. The quantitative estimate of drug-likeness (QED) is 0.739. The summed E-state index contributed by atoms with van der Waals surface area (Å²) in [5.41, 5.74) is 10.9. The number of nitrogen functional groups attached to an aromatic ring is 1. The molecule has 0 saturated heterocycles. The van der Waals surface area contributed by atoms with E-state index in [1.54, 1.807) is 0 Å². The molecule has 1 aromatic heterocycles. The number of anilines is 1. The third-order valence-corrected chi connectivity index (χ3v) is 3.16. The van der Waals surface area contributed by atoms with Gasteiger partial charge in [0.2, 0.25) is 0 Å². The molecule has 1 atom stereocenters. The summed E-state index contributed by atoms with van der Waals surface area (Å²) in [6.07, 6.45) is 4.21. The van der Waals surface area contributed by atoms with Crippen LogP contribution in [0, 0.1) is 0 Å². The van der Waals surface area contributed by atoms with Crippen molar-refractivity contribution in [2.24, 2.45) is 0 Å². The third-order valence-electron chi connectivity index (χ3n) is 3.16. The molecule has 1 aliphatic carbocycles. The number of aromatic nitrogens is 1. The van der Waals surface area contributed by atoms with Gasteiger partial charge >= 0.3 is 0 Å². The fourth-order valence-electron chi connectivity index (χ4n) is 2.47. The van der Waals surface area contributed by atoms with Crippen molar-refractivity contribution in [3.8, 4) is 0 Å². The van der Waals surface area contributed by atoms with E-state index >= 15 is 0 Å². The lowest BCUT2D eigenvalue weighted by molar-refractivity contribution is 0.731. The molecule has 1 aromatic rings. The van der Waals surface area contributed by atoms with Crippen LogP contribution in [0.15, 0.2) is 6.20 Å². The molecule has 0 saturated carbocycles. The fourth-order valence-corrected chi connectivity index (χ4v) is 2.47. The maximum atomic E-state index is 5.98. The number of rotatable bonds is 1. The minimum atomic E-state index is 0.511. The standard InChI is InChI=1S/C12H18N2/c1-7(2)11-9-5-4-8(3)12(9)14-6-10(11)13/h6-8H,4-5,13H2,1-3H3. The topological polar surface area (TPSA) is 38.9 Å². The van der Waals surface area contributed by atoms with E-state index in [-0.39, 0.29) is 0 Å². The number of nitrogens with zero attached hydrogens (tertiary/aromatic N) is 1. The fraction of sp³-hybridized carbons (Fsp3) is 0.583. The average Bonchev–Trinajstić information content (AvgIpc) is 2.47. The minimum Gasteiger partial charge on any atom is -0.397 e. The monoisotopic (exact) mass is 190 g/mol. The van der Waals surface area contributed by atoms with E-state index in [1.165, 1.54) is 23.2 Å². The van der Waals surface area contributed by atoms with Crippen LogP contribution in [0.4, 0.5) is 5.69 Å². The van der Waals surface area contributed by atoms with E-state index in [1.807, 2.05) is 6.20 Å². The molecule has 2 nitrogen and oxygen atoms in total. The Hall–Kier alpha value is -1.05. The maximum Gasteiger partial charge on any atom is 0.0538 e. The molecule has 1 heterocycles. The van der Waals surface area contributed by atoms with Crippen LogP contribution >= 0.6 is 0 Å². The molecule has 2 heteroatoms. The Bertz CT molecular complexity index is 356. The van der Waals surface area contributed by atoms with Gasteiger partial charge in [-0.1, -0.05) is 20.8 Å². The van der Waals surface area contributed by atoms with Crippen LogP contribution < -0.4 is 5.73 Å². The van der Waals surface area contributed by atoms with Gasteiger partial charge in [0, 0.05) is 5.69 Å². The summed E-state index contributed by atoms with van der Waals surface area (Å²) in [7, 11) is 0. The Morgan fingerprint density at radius 2 is 2.21 bits per heavy atom.